The number of furan rings is 1. The van der Waals surface area contributed by atoms with Crippen molar-refractivity contribution < 1.29 is 4.42 Å². The SMILES string of the molecule is c1ccc(-c2nc3c(ccc4sc5cc(-c6ccc(N(c7ccccc7)c7cccc8oc9ccccc9c78)cc6)ccc5c43)s2)cc1. The molecule has 226 valence electrons. The maximum absolute atomic E-state index is 6.26. The van der Waals surface area contributed by atoms with Gasteiger partial charge < -0.3 is 9.32 Å². The highest BCUT2D eigenvalue weighted by Gasteiger charge is 2.19. The Kier molecular flexibility index (Phi) is 6.22. The number of aromatic nitrogens is 1. The maximum atomic E-state index is 6.26. The Balaban J connectivity index is 1.06. The van der Waals surface area contributed by atoms with E-state index in [2.05, 4.69) is 150 Å². The molecule has 3 heterocycles. The van der Waals surface area contributed by atoms with Crippen molar-refractivity contribution in [2.24, 2.45) is 0 Å². The minimum Gasteiger partial charge on any atom is -0.456 e. The fourth-order valence-electron chi connectivity index (χ4n) is 6.89. The van der Waals surface area contributed by atoms with Crippen LogP contribution in [0.5, 0.6) is 0 Å². The summed E-state index contributed by atoms with van der Waals surface area (Å²) in [5, 5.41) is 5.81. The number of hydrogen-bond donors (Lipinski definition) is 0. The lowest BCUT2D eigenvalue weighted by Crippen LogP contribution is -2.10. The largest absolute Gasteiger partial charge is 0.456 e. The van der Waals surface area contributed by atoms with Crippen molar-refractivity contribution in [1.82, 2.24) is 4.98 Å². The molecule has 5 heteroatoms. The van der Waals surface area contributed by atoms with Gasteiger partial charge >= 0.3 is 0 Å². The number of nitrogens with zero attached hydrogens (tertiary/aromatic N) is 2. The van der Waals surface area contributed by atoms with Gasteiger partial charge in [0.25, 0.3) is 0 Å². The molecule has 0 aliphatic carbocycles. The molecule has 0 amide bonds. The van der Waals surface area contributed by atoms with Gasteiger partial charge in [0, 0.05) is 42.5 Å². The topological polar surface area (TPSA) is 29.3 Å². The summed E-state index contributed by atoms with van der Waals surface area (Å²) in [6.07, 6.45) is 0. The van der Waals surface area contributed by atoms with Crippen LogP contribution in [0.4, 0.5) is 17.1 Å². The van der Waals surface area contributed by atoms with Crippen molar-refractivity contribution >= 4 is 92.1 Å². The van der Waals surface area contributed by atoms with Crippen LogP contribution in [0.15, 0.2) is 162 Å². The molecule has 7 aromatic carbocycles. The van der Waals surface area contributed by atoms with Gasteiger partial charge in [-0.1, -0.05) is 97.1 Å². The van der Waals surface area contributed by atoms with Gasteiger partial charge in [0.05, 0.1) is 21.3 Å². The van der Waals surface area contributed by atoms with E-state index in [1.165, 1.54) is 36.0 Å². The van der Waals surface area contributed by atoms with Crippen LogP contribution in [0.1, 0.15) is 0 Å². The lowest BCUT2D eigenvalue weighted by molar-refractivity contribution is 0.669. The van der Waals surface area contributed by atoms with Crippen LogP contribution in [0.2, 0.25) is 0 Å². The minimum absolute atomic E-state index is 0.883. The summed E-state index contributed by atoms with van der Waals surface area (Å²) in [5.74, 6) is 0. The van der Waals surface area contributed by atoms with E-state index < -0.39 is 0 Å². The van der Waals surface area contributed by atoms with E-state index in [1.54, 1.807) is 11.3 Å². The van der Waals surface area contributed by atoms with E-state index in [9.17, 15) is 0 Å². The molecule has 10 rings (SSSR count). The van der Waals surface area contributed by atoms with Crippen molar-refractivity contribution in [2.45, 2.75) is 0 Å². The van der Waals surface area contributed by atoms with Crippen LogP contribution in [0, 0.1) is 0 Å². The number of anilines is 3. The third kappa shape index (κ3) is 4.36. The molecule has 0 aliphatic rings. The zero-order valence-corrected chi connectivity index (χ0v) is 27.3. The molecule has 0 saturated heterocycles. The quantitative estimate of drug-likeness (QED) is 0.186. The number of hydrogen-bond acceptors (Lipinski definition) is 5. The number of thiophene rings is 1. The fraction of sp³-hybridized carbons (Fsp3) is 0. The third-order valence-electron chi connectivity index (χ3n) is 9.11. The second-order valence-electron chi connectivity index (χ2n) is 11.9. The first-order chi connectivity index (χ1) is 23.8. The van der Waals surface area contributed by atoms with E-state index in [1.807, 2.05) is 23.5 Å². The molecule has 0 spiro atoms. The molecule has 0 fully saturated rings. The van der Waals surface area contributed by atoms with Crippen molar-refractivity contribution in [3.63, 3.8) is 0 Å². The van der Waals surface area contributed by atoms with Gasteiger partial charge in [-0.25, -0.2) is 4.98 Å². The van der Waals surface area contributed by atoms with Crippen molar-refractivity contribution in [3.8, 4) is 21.7 Å². The van der Waals surface area contributed by atoms with Crippen LogP contribution in [-0.2, 0) is 0 Å². The highest BCUT2D eigenvalue weighted by Crippen LogP contribution is 2.45. The monoisotopic (exact) mass is 650 g/mol. The Bertz CT molecular complexity index is 2780. The van der Waals surface area contributed by atoms with Gasteiger partial charge in [0.2, 0.25) is 0 Å². The molecular weight excluding hydrogens is 625 g/mol. The minimum atomic E-state index is 0.883. The first-order valence-electron chi connectivity index (χ1n) is 16.0. The van der Waals surface area contributed by atoms with Crippen LogP contribution in [0.25, 0.3) is 74.0 Å². The van der Waals surface area contributed by atoms with Crippen LogP contribution >= 0.6 is 22.7 Å². The summed E-state index contributed by atoms with van der Waals surface area (Å²) in [5.41, 5.74) is 9.70. The molecule has 0 unspecified atom stereocenters. The Labute approximate surface area is 284 Å². The van der Waals surface area contributed by atoms with Crippen LogP contribution < -0.4 is 4.90 Å². The van der Waals surface area contributed by atoms with E-state index in [-0.39, 0.29) is 0 Å². The summed E-state index contributed by atoms with van der Waals surface area (Å²) in [6, 6.07) is 55.9. The van der Waals surface area contributed by atoms with Gasteiger partial charge in [-0.15, -0.1) is 22.7 Å². The Morgan fingerprint density at radius 1 is 0.458 bits per heavy atom. The lowest BCUT2D eigenvalue weighted by atomic mass is 10.0. The molecule has 3 nitrogen and oxygen atoms in total. The summed E-state index contributed by atoms with van der Waals surface area (Å²) >= 11 is 3.61. The van der Waals surface area contributed by atoms with E-state index in [0.717, 1.165) is 55.1 Å². The Morgan fingerprint density at radius 3 is 2.02 bits per heavy atom. The van der Waals surface area contributed by atoms with Crippen LogP contribution in [0.3, 0.4) is 0 Å². The number of thiazole rings is 1. The Morgan fingerprint density at radius 2 is 1.17 bits per heavy atom. The highest BCUT2D eigenvalue weighted by atomic mass is 32.1. The molecule has 10 aromatic rings. The van der Waals surface area contributed by atoms with E-state index in [0.29, 0.717) is 0 Å². The predicted molar refractivity (Wildman–Crippen MR) is 205 cm³/mol. The summed E-state index contributed by atoms with van der Waals surface area (Å²) in [4.78, 5) is 7.46. The van der Waals surface area contributed by atoms with Crippen molar-refractivity contribution in [1.29, 1.82) is 0 Å². The van der Waals surface area contributed by atoms with Gasteiger partial charge in [0.1, 0.15) is 16.2 Å². The molecule has 0 atom stereocenters. The van der Waals surface area contributed by atoms with Gasteiger partial charge in [0.15, 0.2) is 0 Å². The highest BCUT2D eigenvalue weighted by molar-refractivity contribution is 7.26. The van der Waals surface area contributed by atoms with Crippen molar-refractivity contribution in [3.05, 3.63) is 158 Å². The van der Waals surface area contributed by atoms with Gasteiger partial charge in [-0.05, 0) is 71.8 Å². The zero-order valence-electron chi connectivity index (χ0n) is 25.6. The first kappa shape index (κ1) is 27.4. The van der Waals surface area contributed by atoms with E-state index in [4.69, 9.17) is 9.40 Å². The molecule has 0 aliphatic heterocycles. The molecule has 0 radical (unpaired) electrons. The molecule has 48 heavy (non-hydrogen) atoms. The molecule has 3 aromatic heterocycles. The smallest absolute Gasteiger partial charge is 0.137 e. The number of rotatable bonds is 5. The molecule has 0 bridgehead atoms. The maximum Gasteiger partial charge on any atom is 0.137 e. The van der Waals surface area contributed by atoms with Crippen LogP contribution in [-0.4, -0.2) is 4.98 Å². The number of fused-ring (bicyclic) bond motifs is 8. The second-order valence-corrected chi connectivity index (χ2v) is 14.1. The third-order valence-corrected chi connectivity index (χ3v) is 11.3. The Hall–Kier alpha value is -5.75. The second kappa shape index (κ2) is 10.9. The van der Waals surface area contributed by atoms with Crippen molar-refractivity contribution in [2.75, 3.05) is 4.90 Å². The number of benzene rings is 7. The average Bonchev–Trinajstić information content (AvgIpc) is 3.86. The molecule has 0 N–H and O–H groups in total. The number of para-hydroxylation sites is 2. The summed E-state index contributed by atoms with van der Waals surface area (Å²) in [6.45, 7) is 0. The van der Waals surface area contributed by atoms with E-state index >= 15 is 0 Å². The van der Waals surface area contributed by atoms with Gasteiger partial charge in [-0.2, -0.15) is 0 Å². The standard InChI is InChI=1S/C43H26N2OS2/c1-3-10-28(11-4-1)43-44-42-38(48-43)25-24-37-41(42)33-23-20-29(26-39(33)47-37)27-18-21-31(22-19-27)45(30-12-5-2-6-13-30)34-15-9-17-36-40(34)32-14-7-8-16-35(32)46-36/h1-26H. The van der Waals surface area contributed by atoms with Gasteiger partial charge in [-0.3, -0.25) is 0 Å². The summed E-state index contributed by atoms with van der Waals surface area (Å²) in [7, 11) is 0. The zero-order chi connectivity index (χ0) is 31.6. The fourth-order valence-corrected chi connectivity index (χ4v) is 9.01. The first-order valence-corrected chi connectivity index (χ1v) is 17.6. The average molecular weight is 651 g/mol. The summed E-state index contributed by atoms with van der Waals surface area (Å²) < 4.78 is 10.0. The molecule has 0 saturated carbocycles. The lowest BCUT2D eigenvalue weighted by Gasteiger charge is -2.26. The predicted octanol–water partition coefficient (Wildman–Crippen LogP) is 13.4. The molecular formula is C43H26N2OS2. The normalized spacial score (nSPS) is 11.8.